The highest BCUT2D eigenvalue weighted by Gasteiger charge is 2.08. The third-order valence-corrected chi connectivity index (χ3v) is 2.65. The first kappa shape index (κ1) is 14.6. The summed E-state index contributed by atoms with van der Waals surface area (Å²) in [4.78, 5) is 0. The van der Waals surface area contributed by atoms with Gasteiger partial charge in [0.15, 0.2) is 17.3 Å². The first-order valence-electron chi connectivity index (χ1n) is 6.67. The van der Waals surface area contributed by atoms with Crippen LogP contribution in [0.15, 0.2) is 30.5 Å². The number of benzene rings is 1. The zero-order valence-corrected chi connectivity index (χ0v) is 12.0. The highest BCUT2D eigenvalue weighted by molar-refractivity contribution is 5.65. The Bertz CT molecular complexity index is 652. The average Bonchev–Trinajstić information content (AvgIpc) is 2.51. The van der Waals surface area contributed by atoms with Crippen molar-refractivity contribution in [3.05, 3.63) is 36.0 Å². The van der Waals surface area contributed by atoms with E-state index < -0.39 is 0 Å². The molecule has 1 aromatic heterocycles. The van der Waals surface area contributed by atoms with Gasteiger partial charge in [0.2, 0.25) is 0 Å². The zero-order chi connectivity index (χ0) is 15.1. The van der Waals surface area contributed by atoms with Crippen molar-refractivity contribution in [3.63, 3.8) is 0 Å². The number of hydrogen-bond donors (Lipinski definition) is 1. The van der Waals surface area contributed by atoms with Gasteiger partial charge in [-0.25, -0.2) is 0 Å². The molecule has 0 bridgehead atoms. The monoisotopic (exact) mass is 284 g/mol. The van der Waals surface area contributed by atoms with Crippen LogP contribution in [0.2, 0.25) is 0 Å². The van der Waals surface area contributed by atoms with Gasteiger partial charge in [-0.3, -0.25) is 0 Å². The molecule has 2 rings (SSSR count). The van der Waals surface area contributed by atoms with E-state index in [9.17, 15) is 0 Å². The molecule has 108 valence electrons. The molecule has 0 atom stereocenters. The fourth-order valence-corrected chi connectivity index (χ4v) is 1.78. The van der Waals surface area contributed by atoms with Crippen molar-refractivity contribution < 1.29 is 9.47 Å². The van der Waals surface area contributed by atoms with E-state index in [0.29, 0.717) is 36.1 Å². The number of nitrogens with one attached hydrogen (secondary N) is 1. The summed E-state index contributed by atoms with van der Waals surface area (Å²) in [7, 11) is 0. The van der Waals surface area contributed by atoms with Gasteiger partial charge in [0.1, 0.15) is 6.07 Å². The molecule has 21 heavy (non-hydrogen) atoms. The Balaban J connectivity index is 2.28. The molecule has 0 fully saturated rings. The van der Waals surface area contributed by atoms with Crippen molar-refractivity contribution in [1.82, 2.24) is 10.2 Å². The molecular weight excluding hydrogens is 268 g/mol. The van der Waals surface area contributed by atoms with E-state index in [-0.39, 0.29) is 0 Å². The predicted octanol–water partition coefficient (Wildman–Crippen LogP) is 2.89. The number of aromatic nitrogens is 2. The van der Waals surface area contributed by atoms with Gasteiger partial charge in [-0.1, -0.05) is 0 Å². The smallest absolute Gasteiger partial charge is 0.171 e. The van der Waals surface area contributed by atoms with E-state index in [0.717, 1.165) is 5.69 Å². The average molecular weight is 284 g/mol. The van der Waals surface area contributed by atoms with Gasteiger partial charge in [-0.15, -0.1) is 5.10 Å². The van der Waals surface area contributed by atoms with E-state index in [2.05, 4.69) is 21.6 Å². The Morgan fingerprint density at radius 3 is 2.62 bits per heavy atom. The van der Waals surface area contributed by atoms with E-state index >= 15 is 0 Å². The molecule has 1 aromatic carbocycles. The van der Waals surface area contributed by atoms with Crippen molar-refractivity contribution in [2.45, 2.75) is 13.8 Å². The van der Waals surface area contributed by atoms with Gasteiger partial charge in [0, 0.05) is 11.8 Å². The van der Waals surface area contributed by atoms with Crippen LogP contribution < -0.4 is 14.8 Å². The van der Waals surface area contributed by atoms with Crippen LogP contribution in [0.4, 0.5) is 11.5 Å². The lowest BCUT2D eigenvalue weighted by Gasteiger charge is -2.13. The number of rotatable bonds is 6. The lowest BCUT2D eigenvalue weighted by atomic mass is 10.2. The van der Waals surface area contributed by atoms with E-state index in [4.69, 9.17) is 14.7 Å². The van der Waals surface area contributed by atoms with Crippen molar-refractivity contribution in [3.8, 4) is 17.6 Å². The molecular formula is C15H16N4O2. The summed E-state index contributed by atoms with van der Waals surface area (Å²) in [6, 6.07) is 9.14. The van der Waals surface area contributed by atoms with Crippen LogP contribution in [-0.4, -0.2) is 23.4 Å². The number of hydrogen-bond acceptors (Lipinski definition) is 6. The molecule has 0 unspecified atom stereocenters. The minimum atomic E-state index is 0.409. The highest BCUT2D eigenvalue weighted by Crippen LogP contribution is 2.31. The summed E-state index contributed by atoms with van der Waals surface area (Å²) >= 11 is 0. The Morgan fingerprint density at radius 2 is 1.90 bits per heavy atom. The van der Waals surface area contributed by atoms with Gasteiger partial charge in [-0.05, 0) is 32.0 Å². The SMILES string of the molecule is CCOc1ccc(Nc2nnccc2C#N)cc1OCC. The first-order valence-corrected chi connectivity index (χ1v) is 6.67. The van der Waals surface area contributed by atoms with E-state index in [1.807, 2.05) is 32.0 Å². The van der Waals surface area contributed by atoms with Crippen molar-refractivity contribution in [2.75, 3.05) is 18.5 Å². The molecule has 0 saturated carbocycles. The summed E-state index contributed by atoms with van der Waals surface area (Å²) in [5, 5.41) is 19.8. The predicted molar refractivity (Wildman–Crippen MR) is 78.8 cm³/mol. The molecule has 1 N–H and O–H groups in total. The lowest BCUT2D eigenvalue weighted by Crippen LogP contribution is -2.01. The normalized spacial score (nSPS) is 9.76. The molecule has 0 saturated heterocycles. The number of nitrogens with zero attached hydrogens (tertiary/aromatic N) is 3. The molecule has 0 aliphatic carbocycles. The molecule has 0 aliphatic rings. The maximum absolute atomic E-state index is 9.05. The van der Waals surface area contributed by atoms with E-state index in [1.165, 1.54) is 6.20 Å². The second-order valence-electron chi connectivity index (χ2n) is 4.06. The summed E-state index contributed by atoms with van der Waals surface area (Å²) < 4.78 is 11.1. The molecule has 2 aromatic rings. The van der Waals surface area contributed by atoms with Crippen molar-refractivity contribution in [1.29, 1.82) is 5.26 Å². The maximum atomic E-state index is 9.05. The van der Waals surface area contributed by atoms with Crippen molar-refractivity contribution in [2.24, 2.45) is 0 Å². The molecule has 0 aliphatic heterocycles. The largest absolute Gasteiger partial charge is 0.490 e. The Labute approximate surface area is 123 Å². The van der Waals surface area contributed by atoms with Gasteiger partial charge in [-0.2, -0.15) is 10.4 Å². The third-order valence-electron chi connectivity index (χ3n) is 2.65. The van der Waals surface area contributed by atoms with Crippen LogP contribution >= 0.6 is 0 Å². The third kappa shape index (κ3) is 3.60. The molecule has 1 heterocycles. The Morgan fingerprint density at radius 1 is 1.14 bits per heavy atom. The second kappa shape index (κ2) is 7.10. The summed E-state index contributed by atoms with van der Waals surface area (Å²) in [6.45, 7) is 4.93. The van der Waals surface area contributed by atoms with Crippen LogP contribution in [0.5, 0.6) is 11.5 Å². The fourth-order valence-electron chi connectivity index (χ4n) is 1.78. The molecule has 0 amide bonds. The summed E-state index contributed by atoms with van der Waals surface area (Å²) in [5.74, 6) is 1.74. The fraction of sp³-hybridized carbons (Fsp3) is 0.267. The van der Waals surface area contributed by atoms with Crippen LogP contribution in [0.25, 0.3) is 0 Å². The topological polar surface area (TPSA) is 80.1 Å². The number of ether oxygens (including phenoxy) is 2. The molecule has 0 spiro atoms. The molecule has 6 nitrogen and oxygen atoms in total. The van der Waals surface area contributed by atoms with Gasteiger partial charge >= 0.3 is 0 Å². The van der Waals surface area contributed by atoms with Crippen LogP contribution in [0.1, 0.15) is 19.4 Å². The number of anilines is 2. The van der Waals surface area contributed by atoms with Crippen LogP contribution in [0.3, 0.4) is 0 Å². The molecule has 0 radical (unpaired) electrons. The first-order chi connectivity index (χ1) is 10.3. The van der Waals surface area contributed by atoms with Crippen molar-refractivity contribution >= 4 is 11.5 Å². The standard InChI is InChI=1S/C15H16N4O2/c1-3-20-13-6-5-12(9-14(13)21-4-2)18-15-11(10-16)7-8-17-19-15/h5-9H,3-4H2,1-2H3,(H,18,19). The Hall–Kier alpha value is -2.81. The van der Waals surface area contributed by atoms with E-state index in [1.54, 1.807) is 6.07 Å². The van der Waals surface area contributed by atoms with Crippen LogP contribution in [-0.2, 0) is 0 Å². The summed E-state index contributed by atoms with van der Waals surface area (Å²) in [5.41, 5.74) is 1.18. The second-order valence-corrected chi connectivity index (χ2v) is 4.06. The van der Waals surface area contributed by atoms with Gasteiger partial charge in [0.25, 0.3) is 0 Å². The summed E-state index contributed by atoms with van der Waals surface area (Å²) in [6.07, 6.45) is 1.48. The van der Waals surface area contributed by atoms with Gasteiger partial charge in [0.05, 0.1) is 25.0 Å². The number of nitriles is 1. The molecule has 6 heteroatoms. The maximum Gasteiger partial charge on any atom is 0.171 e. The zero-order valence-electron chi connectivity index (χ0n) is 12.0. The lowest BCUT2D eigenvalue weighted by molar-refractivity contribution is 0.288. The van der Waals surface area contributed by atoms with Crippen LogP contribution in [0, 0.1) is 11.3 Å². The quantitative estimate of drug-likeness (QED) is 0.878. The van der Waals surface area contributed by atoms with Gasteiger partial charge < -0.3 is 14.8 Å². The Kier molecular flexibility index (Phi) is 4.94. The highest BCUT2D eigenvalue weighted by atomic mass is 16.5. The minimum absolute atomic E-state index is 0.409. The minimum Gasteiger partial charge on any atom is -0.490 e.